The van der Waals surface area contributed by atoms with Crippen LogP contribution in [0, 0.1) is 0 Å². The third-order valence-corrected chi connectivity index (χ3v) is 5.03. The molecule has 122 valence electrons. The highest BCUT2D eigenvalue weighted by molar-refractivity contribution is 7.89. The molecule has 6 nitrogen and oxygen atoms in total. The number of sulfonamides is 1. The third kappa shape index (κ3) is 3.20. The molecule has 1 aliphatic rings. The highest BCUT2D eigenvalue weighted by Gasteiger charge is 2.55. The lowest BCUT2D eigenvalue weighted by molar-refractivity contribution is -0.121. The van der Waals surface area contributed by atoms with Crippen LogP contribution in [-0.2, 0) is 10.0 Å². The summed E-state index contributed by atoms with van der Waals surface area (Å²) in [6, 6.07) is 3.23. The minimum atomic E-state index is -4.06. The predicted octanol–water partition coefficient (Wildman–Crippen LogP) is 1.86. The molecule has 0 saturated heterocycles. The van der Waals surface area contributed by atoms with E-state index in [4.69, 9.17) is 9.84 Å². The summed E-state index contributed by atoms with van der Waals surface area (Å²) < 4.78 is 57.5. The molecule has 1 aromatic rings. The van der Waals surface area contributed by atoms with Gasteiger partial charge in [-0.05, 0) is 19.1 Å². The van der Waals surface area contributed by atoms with E-state index >= 15 is 0 Å². The lowest BCUT2D eigenvalue weighted by Gasteiger charge is -2.44. The number of hydrogen-bond acceptors (Lipinski definition) is 4. The normalized spacial score (nSPS) is 19.3. The summed E-state index contributed by atoms with van der Waals surface area (Å²) in [4.78, 5) is 10.7. The maximum atomic E-state index is 13.0. The molecule has 0 bridgehead atoms. The summed E-state index contributed by atoms with van der Waals surface area (Å²) in [6.45, 7) is 1.39. The Labute approximate surface area is 126 Å². The lowest BCUT2D eigenvalue weighted by atomic mass is 9.76. The summed E-state index contributed by atoms with van der Waals surface area (Å²) in [5.41, 5.74) is -1.41. The van der Waals surface area contributed by atoms with Crippen LogP contribution < -0.4 is 9.46 Å². The highest BCUT2D eigenvalue weighted by atomic mass is 32.2. The molecule has 1 fully saturated rings. The largest absolute Gasteiger partial charge is 0.496 e. The van der Waals surface area contributed by atoms with Gasteiger partial charge in [-0.15, -0.1) is 0 Å². The molecular formula is C13H15F2NO5S. The smallest absolute Gasteiger partial charge is 0.339 e. The van der Waals surface area contributed by atoms with Gasteiger partial charge in [0.25, 0.3) is 5.92 Å². The van der Waals surface area contributed by atoms with Crippen molar-refractivity contribution in [3.63, 3.8) is 0 Å². The van der Waals surface area contributed by atoms with Gasteiger partial charge in [-0.2, -0.15) is 0 Å². The average Bonchev–Trinajstić information content (AvgIpc) is 2.34. The first-order valence-electron chi connectivity index (χ1n) is 6.31. The maximum absolute atomic E-state index is 13.0. The zero-order chi connectivity index (χ0) is 16.8. The van der Waals surface area contributed by atoms with E-state index in [2.05, 4.69) is 4.72 Å². The van der Waals surface area contributed by atoms with Gasteiger partial charge in [0.1, 0.15) is 11.3 Å². The fraction of sp³-hybridized carbons (Fsp3) is 0.462. The van der Waals surface area contributed by atoms with E-state index in [1.807, 2.05) is 0 Å². The second kappa shape index (κ2) is 5.17. The zero-order valence-corrected chi connectivity index (χ0v) is 12.7. The van der Waals surface area contributed by atoms with Crippen molar-refractivity contribution in [2.24, 2.45) is 0 Å². The molecule has 2 rings (SSSR count). The first-order valence-corrected chi connectivity index (χ1v) is 7.80. The summed E-state index contributed by atoms with van der Waals surface area (Å²) in [7, 11) is -2.85. The van der Waals surface area contributed by atoms with Gasteiger partial charge < -0.3 is 9.84 Å². The average molecular weight is 335 g/mol. The van der Waals surface area contributed by atoms with Crippen LogP contribution in [0.5, 0.6) is 5.75 Å². The number of hydrogen-bond donors (Lipinski definition) is 2. The molecule has 9 heteroatoms. The second-order valence-electron chi connectivity index (χ2n) is 5.54. The Bertz CT molecular complexity index is 709. The third-order valence-electron chi connectivity index (χ3n) is 3.39. The van der Waals surface area contributed by atoms with Gasteiger partial charge in [0.15, 0.2) is 0 Å². The molecule has 1 aliphatic carbocycles. The Hall–Kier alpha value is -1.74. The standard InChI is InChI=1S/C13H15F2NO5S/c1-12(6-13(14,15)7-12)16-22(19,20)8-3-4-9(11(17)18)10(5-8)21-2/h3-5,16H,6-7H2,1-2H3,(H,17,18). The number of rotatable bonds is 5. The van der Waals surface area contributed by atoms with Crippen molar-refractivity contribution in [3.8, 4) is 5.75 Å². The van der Waals surface area contributed by atoms with Gasteiger partial charge in [0.05, 0.1) is 12.0 Å². The monoisotopic (exact) mass is 335 g/mol. The van der Waals surface area contributed by atoms with E-state index in [1.54, 1.807) is 0 Å². The van der Waals surface area contributed by atoms with Crippen molar-refractivity contribution in [2.45, 2.75) is 36.1 Å². The summed E-state index contributed by atoms with van der Waals surface area (Å²) >= 11 is 0. The van der Waals surface area contributed by atoms with Crippen LogP contribution in [0.15, 0.2) is 23.1 Å². The zero-order valence-electron chi connectivity index (χ0n) is 11.9. The van der Waals surface area contributed by atoms with E-state index in [9.17, 15) is 22.0 Å². The molecule has 2 N–H and O–H groups in total. The molecule has 0 unspecified atom stereocenters. The number of nitrogens with one attached hydrogen (secondary N) is 1. The van der Waals surface area contributed by atoms with E-state index in [0.29, 0.717) is 0 Å². The number of halogens is 2. The van der Waals surface area contributed by atoms with Crippen molar-refractivity contribution < 1.29 is 31.8 Å². The Morgan fingerprint density at radius 3 is 2.41 bits per heavy atom. The van der Waals surface area contributed by atoms with Gasteiger partial charge in [0, 0.05) is 24.4 Å². The Morgan fingerprint density at radius 2 is 1.95 bits per heavy atom. The number of ether oxygens (including phenoxy) is 1. The molecule has 0 heterocycles. The predicted molar refractivity (Wildman–Crippen MR) is 72.9 cm³/mol. The fourth-order valence-electron chi connectivity index (χ4n) is 2.56. The van der Waals surface area contributed by atoms with Crippen molar-refractivity contribution in [1.29, 1.82) is 0 Å². The van der Waals surface area contributed by atoms with Crippen LogP contribution in [0.2, 0.25) is 0 Å². The summed E-state index contributed by atoms with van der Waals surface area (Å²) in [5, 5.41) is 8.95. The van der Waals surface area contributed by atoms with Gasteiger partial charge >= 0.3 is 5.97 Å². The van der Waals surface area contributed by atoms with Crippen LogP contribution in [0.3, 0.4) is 0 Å². The first-order chi connectivity index (χ1) is 9.98. The Kier molecular flexibility index (Phi) is 3.90. The SMILES string of the molecule is COc1cc(S(=O)(=O)NC2(C)CC(F)(F)C2)ccc1C(=O)O. The van der Waals surface area contributed by atoms with Crippen LogP contribution in [0.4, 0.5) is 8.78 Å². The maximum Gasteiger partial charge on any atom is 0.339 e. The van der Waals surface area contributed by atoms with Crippen molar-refractivity contribution in [1.82, 2.24) is 4.72 Å². The molecule has 0 radical (unpaired) electrons. The molecule has 0 aromatic heterocycles. The number of methoxy groups -OCH3 is 1. The fourth-order valence-corrected chi connectivity index (χ4v) is 3.98. The van der Waals surface area contributed by atoms with E-state index < -0.39 is 40.3 Å². The summed E-state index contributed by atoms with van der Waals surface area (Å²) in [5.74, 6) is -4.26. The van der Waals surface area contributed by atoms with Crippen molar-refractivity contribution in [2.75, 3.05) is 7.11 Å². The topological polar surface area (TPSA) is 92.7 Å². The Morgan fingerprint density at radius 1 is 1.36 bits per heavy atom. The van der Waals surface area contributed by atoms with E-state index in [1.165, 1.54) is 14.0 Å². The number of alkyl halides is 2. The van der Waals surface area contributed by atoms with Crippen molar-refractivity contribution in [3.05, 3.63) is 23.8 Å². The van der Waals surface area contributed by atoms with Crippen LogP contribution >= 0.6 is 0 Å². The Balaban J connectivity index is 2.29. The minimum Gasteiger partial charge on any atom is -0.496 e. The second-order valence-corrected chi connectivity index (χ2v) is 7.23. The van der Waals surface area contributed by atoms with E-state index in [0.717, 1.165) is 18.2 Å². The lowest BCUT2D eigenvalue weighted by Crippen LogP contribution is -2.60. The molecule has 0 amide bonds. The van der Waals surface area contributed by atoms with Gasteiger partial charge in [0.2, 0.25) is 10.0 Å². The van der Waals surface area contributed by atoms with Crippen LogP contribution in [0.25, 0.3) is 0 Å². The first kappa shape index (κ1) is 16.6. The van der Waals surface area contributed by atoms with Gasteiger partial charge in [-0.25, -0.2) is 26.7 Å². The molecule has 0 aliphatic heterocycles. The quantitative estimate of drug-likeness (QED) is 0.857. The van der Waals surface area contributed by atoms with Gasteiger partial charge in [-0.1, -0.05) is 0 Å². The molecule has 0 spiro atoms. The van der Waals surface area contributed by atoms with E-state index in [-0.39, 0.29) is 16.2 Å². The highest BCUT2D eigenvalue weighted by Crippen LogP contribution is 2.45. The number of carboxylic acids is 1. The number of carbonyl (C=O) groups is 1. The minimum absolute atomic E-state index is 0.125. The van der Waals surface area contributed by atoms with Crippen LogP contribution in [0.1, 0.15) is 30.1 Å². The van der Waals surface area contributed by atoms with Crippen molar-refractivity contribution >= 4 is 16.0 Å². The number of benzene rings is 1. The molecule has 1 aromatic carbocycles. The molecule has 0 atom stereocenters. The molecule has 1 saturated carbocycles. The van der Waals surface area contributed by atoms with Crippen LogP contribution in [-0.4, -0.2) is 38.1 Å². The number of aromatic carboxylic acids is 1. The molecule has 22 heavy (non-hydrogen) atoms. The summed E-state index contributed by atoms with van der Waals surface area (Å²) in [6.07, 6.45) is -1.16. The number of carboxylic acid groups (broad SMARTS) is 1. The molecular weight excluding hydrogens is 320 g/mol. The van der Waals surface area contributed by atoms with Gasteiger partial charge in [-0.3, -0.25) is 0 Å².